The molecule has 0 saturated heterocycles. The van der Waals surface area contributed by atoms with Crippen LogP contribution >= 0.6 is 0 Å². The first-order valence-electron chi connectivity index (χ1n) is 6.54. The van der Waals surface area contributed by atoms with Crippen molar-refractivity contribution >= 4 is 11.9 Å². The molecule has 106 valence electrons. The molecule has 0 fully saturated rings. The lowest BCUT2D eigenvalue weighted by Gasteiger charge is -2.25. The number of nitrogens with zero attached hydrogens (tertiary/aromatic N) is 1. The SMILES string of the molecule is CC(C)N(Cc1ccco1)C(=O)CCCCC(=O)O. The van der Waals surface area contributed by atoms with Crippen molar-refractivity contribution in [1.82, 2.24) is 4.90 Å². The molecule has 1 amide bonds. The zero-order valence-corrected chi connectivity index (χ0v) is 11.5. The van der Waals surface area contributed by atoms with E-state index in [1.165, 1.54) is 0 Å². The van der Waals surface area contributed by atoms with Gasteiger partial charge in [-0.15, -0.1) is 0 Å². The van der Waals surface area contributed by atoms with Crippen LogP contribution in [-0.2, 0) is 16.1 Å². The maximum absolute atomic E-state index is 12.1. The first kappa shape index (κ1) is 15.3. The normalized spacial score (nSPS) is 10.7. The number of furan rings is 1. The summed E-state index contributed by atoms with van der Waals surface area (Å²) in [5.74, 6) is -0.0203. The zero-order valence-electron chi connectivity index (χ0n) is 11.5. The third-order valence-corrected chi connectivity index (χ3v) is 2.88. The van der Waals surface area contributed by atoms with Crippen LogP contribution in [0.1, 0.15) is 45.3 Å². The summed E-state index contributed by atoms with van der Waals surface area (Å²) in [4.78, 5) is 24.2. The molecule has 1 N–H and O–H groups in total. The molecule has 0 aliphatic rings. The third-order valence-electron chi connectivity index (χ3n) is 2.88. The van der Waals surface area contributed by atoms with E-state index in [0.717, 1.165) is 5.76 Å². The molecule has 0 spiro atoms. The quantitative estimate of drug-likeness (QED) is 0.735. The molecule has 0 aliphatic heterocycles. The zero-order chi connectivity index (χ0) is 14.3. The molecule has 0 aromatic carbocycles. The van der Waals surface area contributed by atoms with E-state index in [2.05, 4.69) is 0 Å². The maximum Gasteiger partial charge on any atom is 0.303 e. The van der Waals surface area contributed by atoms with Crippen LogP contribution in [-0.4, -0.2) is 27.9 Å². The average Bonchev–Trinajstić information content (AvgIpc) is 2.83. The van der Waals surface area contributed by atoms with Gasteiger partial charge in [-0.25, -0.2) is 0 Å². The second kappa shape index (κ2) is 7.61. The summed E-state index contributed by atoms with van der Waals surface area (Å²) >= 11 is 0. The van der Waals surface area contributed by atoms with Crippen molar-refractivity contribution < 1.29 is 19.1 Å². The summed E-state index contributed by atoms with van der Waals surface area (Å²) in [6.07, 6.45) is 3.23. The number of unbranched alkanes of at least 4 members (excludes halogenated alkanes) is 1. The Hall–Kier alpha value is -1.78. The Morgan fingerprint density at radius 2 is 2.00 bits per heavy atom. The summed E-state index contributed by atoms with van der Waals surface area (Å²) in [5.41, 5.74) is 0. The van der Waals surface area contributed by atoms with Gasteiger partial charge in [0.05, 0.1) is 12.8 Å². The van der Waals surface area contributed by atoms with Crippen molar-refractivity contribution in [3.05, 3.63) is 24.2 Å². The second-order valence-electron chi connectivity index (χ2n) is 4.80. The van der Waals surface area contributed by atoms with Crippen molar-refractivity contribution in [2.45, 2.75) is 52.1 Å². The molecular weight excluding hydrogens is 246 g/mol. The van der Waals surface area contributed by atoms with Gasteiger partial charge in [-0.3, -0.25) is 9.59 Å². The van der Waals surface area contributed by atoms with Crippen LogP contribution in [0.15, 0.2) is 22.8 Å². The molecule has 0 saturated carbocycles. The van der Waals surface area contributed by atoms with E-state index >= 15 is 0 Å². The van der Waals surface area contributed by atoms with Crippen LogP contribution in [0, 0.1) is 0 Å². The Morgan fingerprint density at radius 3 is 2.53 bits per heavy atom. The molecule has 0 bridgehead atoms. The number of aliphatic carboxylic acids is 1. The highest BCUT2D eigenvalue weighted by molar-refractivity contribution is 5.76. The highest BCUT2D eigenvalue weighted by Gasteiger charge is 2.18. The van der Waals surface area contributed by atoms with Crippen molar-refractivity contribution in [3.8, 4) is 0 Å². The summed E-state index contributed by atoms with van der Waals surface area (Å²) in [5, 5.41) is 8.54. The highest BCUT2D eigenvalue weighted by Crippen LogP contribution is 2.12. The Kier molecular flexibility index (Phi) is 6.12. The maximum atomic E-state index is 12.1. The summed E-state index contributed by atoms with van der Waals surface area (Å²) in [6.45, 7) is 4.37. The van der Waals surface area contributed by atoms with Crippen molar-refractivity contribution in [2.24, 2.45) is 0 Å². The molecule has 0 atom stereocenters. The van der Waals surface area contributed by atoms with Crippen molar-refractivity contribution in [2.75, 3.05) is 0 Å². The molecule has 1 aromatic rings. The number of hydrogen-bond donors (Lipinski definition) is 1. The standard InChI is InChI=1S/C14H21NO4/c1-11(2)15(10-12-6-5-9-19-12)13(16)7-3-4-8-14(17)18/h5-6,9,11H,3-4,7-8,10H2,1-2H3,(H,17,18). The van der Waals surface area contributed by atoms with E-state index in [-0.39, 0.29) is 18.4 Å². The molecule has 0 unspecified atom stereocenters. The lowest BCUT2D eigenvalue weighted by atomic mass is 10.1. The number of carbonyl (C=O) groups is 2. The minimum atomic E-state index is -0.816. The molecule has 5 nitrogen and oxygen atoms in total. The monoisotopic (exact) mass is 267 g/mol. The fourth-order valence-corrected chi connectivity index (χ4v) is 1.83. The van der Waals surface area contributed by atoms with Crippen LogP contribution in [0.3, 0.4) is 0 Å². The smallest absolute Gasteiger partial charge is 0.303 e. The molecule has 19 heavy (non-hydrogen) atoms. The van der Waals surface area contributed by atoms with Gasteiger partial charge in [-0.05, 0) is 38.8 Å². The number of carbonyl (C=O) groups excluding carboxylic acids is 1. The Labute approximate surface area is 113 Å². The van der Waals surface area contributed by atoms with E-state index < -0.39 is 5.97 Å². The minimum absolute atomic E-state index is 0.0387. The van der Waals surface area contributed by atoms with Gasteiger partial charge in [-0.2, -0.15) is 0 Å². The molecule has 0 aliphatic carbocycles. The van der Waals surface area contributed by atoms with Gasteiger partial charge in [0.15, 0.2) is 0 Å². The van der Waals surface area contributed by atoms with E-state index in [9.17, 15) is 9.59 Å². The molecule has 1 aromatic heterocycles. The van der Waals surface area contributed by atoms with E-state index in [1.54, 1.807) is 17.2 Å². The number of rotatable bonds is 8. The summed E-state index contributed by atoms with van der Waals surface area (Å²) in [7, 11) is 0. The number of amides is 1. The highest BCUT2D eigenvalue weighted by atomic mass is 16.4. The summed E-state index contributed by atoms with van der Waals surface area (Å²) < 4.78 is 5.25. The molecule has 0 radical (unpaired) electrons. The Balaban J connectivity index is 2.42. The van der Waals surface area contributed by atoms with Crippen LogP contribution in [0.5, 0.6) is 0 Å². The topological polar surface area (TPSA) is 70.8 Å². The lowest BCUT2D eigenvalue weighted by molar-refractivity contribution is -0.138. The lowest BCUT2D eigenvalue weighted by Crippen LogP contribution is -2.36. The molecule has 1 rings (SSSR count). The van der Waals surface area contributed by atoms with Crippen LogP contribution in [0.4, 0.5) is 0 Å². The van der Waals surface area contributed by atoms with E-state index in [1.807, 2.05) is 19.9 Å². The van der Waals surface area contributed by atoms with Crippen molar-refractivity contribution in [3.63, 3.8) is 0 Å². The van der Waals surface area contributed by atoms with Gasteiger partial charge in [0.1, 0.15) is 5.76 Å². The van der Waals surface area contributed by atoms with E-state index in [0.29, 0.717) is 25.8 Å². The van der Waals surface area contributed by atoms with Gasteiger partial charge >= 0.3 is 5.97 Å². The van der Waals surface area contributed by atoms with Gasteiger partial charge in [0.25, 0.3) is 0 Å². The minimum Gasteiger partial charge on any atom is -0.481 e. The Morgan fingerprint density at radius 1 is 1.32 bits per heavy atom. The predicted octanol–water partition coefficient (Wildman–Crippen LogP) is 2.66. The van der Waals surface area contributed by atoms with Gasteiger partial charge in [0.2, 0.25) is 5.91 Å². The molecule has 5 heteroatoms. The Bertz CT molecular complexity index is 398. The third kappa shape index (κ3) is 5.59. The fraction of sp³-hybridized carbons (Fsp3) is 0.571. The van der Waals surface area contributed by atoms with Gasteiger partial charge in [-0.1, -0.05) is 0 Å². The summed E-state index contributed by atoms with van der Waals surface area (Å²) in [6, 6.07) is 3.73. The molecule has 1 heterocycles. The van der Waals surface area contributed by atoms with Crippen molar-refractivity contribution in [1.29, 1.82) is 0 Å². The fourth-order valence-electron chi connectivity index (χ4n) is 1.83. The first-order chi connectivity index (χ1) is 9.00. The van der Waals surface area contributed by atoms with Gasteiger partial charge in [0, 0.05) is 18.9 Å². The number of carboxylic acid groups (broad SMARTS) is 1. The predicted molar refractivity (Wildman–Crippen MR) is 70.5 cm³/mol. The second-order valence-corrected chi connectivity index (χ2v) is 4.80. The first-order valence-corrected chi connectivity index (χ1v) is 6.54. The van der Waals surface area contributed by atoms with Crippen LogP contribution < -0.4 is 0 Å². The van der Waals surface area contributed by atoms with Gasteiger partial charge < -0.3 is 14.4 Å². The number of hydrogen-bond acceptors (Lipinski definition) is 3. The molecular formula is C14H21NO4. The number of carboxylic acids is 1. The largest absolute Gasteiger partial charge is 0.481 e. The average molecular weight is 267 g/mol. The van der Waals surface area contributed by atoms with Crippen LogP contribution in [0.25, 0.3) is 0 Å². The van der Waals surface area contributed by atoms with Crippen LogP contribution in [0.2, 0.25) is 0 Å². The van der Waals surface area contributed by atoms with E-state index in [4.69, 9.17) is 9.52 Å².